The molecule has 0 aliphatic heterocycles. The SMILES string of the molecule is C/C=C/C=C/c1cc2cc3c(c(O)c2c(=O)[nH]1)[C@@]1(CC3)C(=O)c2c(O)c3c(c(O)c2C1=O)C(=O)C(OC)=CC3=O. The molecule has 0 amide bonds. The van der Waals surface area contributed by atoms with Crippen molar-refractivity contribution in [2.24, 2.45) is 0 Å². The largest absolute Gasteiger partial charge is 0.507 e. The standard InChI is InChI=1S/C30H21NO9/c1-3-4-5-6-14-10-13-9-12-7-8-30(22(12)26(36)17(13)29(39)31-14)27(37)20-21(28(30)38)25(35)19-18(24(20)34)15(32)11-16(40-2)23(19)33/h3-6,9-11,34-36H,7-8H2,1-2H3,(H,31,39)/b4-3+,6-5+/t30-/m0/s1. The van der Waals surface area contributed by atoms with Gasteiger partial charge in [0.2, 0.25) is 5.78 Å². The number of benzene rings is 2. The molecule has 0 bridgehead atoms. The molecule has 3 aliphatic carbocycles. The van der Waals surface area contributed by atoms with Gasteiger partial charge in [0.15, 0.2) is 23.1 Å². The molecule has 4 N–H and O–H groups in total. The van der Waals surface area contributed by atoms with E-state index in [1.165, 1.54) is 0 Å². The third-order valence-corrected chi connectivity index (χ3v) is 7.84. The van der Waals surface area contributed by atoms with E-state index in [0.29, 0.717) is 16.6 Å². The number of aryl methyl sites for hydroxylation is 1. The smallest absolute Gasteiger partial charge is 0.260 e. The Balaban J connectivity index is 1.59. The van der Waals surface area contributed by atoms with Gasteiger partial charge in [0.25, 0.3) is 5.56 Å². The van der Waals surface area contributed by atoms with Gasteiger partial charge in [-0.1, -0.05) is 24.3 Å². The van der Waals surface area contributed by atoms with Crippen LogP contribution in [0.2, 0.25) is 0 Å². The molecule has 10 nitrogen and oxygen atoms in total. The number of hydrogen-bond donors (Lipinski definition) is 4. The molecule has 0 unspecified atom stereocenters. The maximum absolute atomic E-state index is 14.0. The van der Waals surface area contributed by atoms with Crippen LogP contribution in [0.4, 0.5) is 0 Å². The van der Waals surface area contributed by atoms with E-state index in [-0.39, 0.29) is 23.8 Å². The monoisotopic (exact) mass is 539 g/mol. The van der Waals surface area contributed by atoms with E-state index >= 15 is 0 Å². The number of hydrogen-bond acceptors (Lipinski definition) is 9. The van der Waals surface area contributed by atoms with Crippen molar-refractivity contribution in [3.8, 4) is 17.2 Å². The van der Waals surface area contributed by atoms with E-state index in [1.807, 2.05) is 13.0 Å². The highest BCUT2D eigenvalue weighted by Crippen LogP contribution is 2.57. The summed E-state index contributed by atoms with van der Waals surface area (Å²) in [7, 11) is 1.14. The average molecular weight is 539 g/mol. The summed E-state index contributed by atoms with van der Waals surface area (Å²) in [6.45, 7) is 1.84. The first-order chi connectivity index (χ1) is 19.1. The second-order valence-corrected chi connectivity index (χ2v) is 9.83. The number of phenols is 3. The summed E-state index contributed by atoms with van der Waals surface area (Å²) >= 11 is 0. The zero-order valence-electron chi connectivity index (χ0n) is 21.2. The molecular formula is C30H21NO9. The summed E-state index contributed by atoms with van der Waals surface area (Å²) in [6.07, 6.45) is 7.85. The van der Waals surface area contributed by atoms with Crippen LogP contribution in [0.25, 0.3) is 16.8 Å². The number of methoxy groups -OCH3 is 1. The van der Waals surface area contributed by atoms with Crippen LogP contribution in [0.1, 0.15) is 71.6 Å². The zero-order chi connectivity index (χ0) is 28.7. The quantitative estimate of drug-likeness (QED) is 0.221. The van der Waals surface area contributed by atoms with Gasteiger partial charge in [0, 0.05) is 17.3 Å². The van der Waals surface area contributed by atoms with Crippen molar-refractivity contribution in [3.05, 3.63) is 91.6 Å². The van der Waals surface area contributed by atoms with Crippen molar-refractivity contribution in [1.29, 1.82) is 0 Å². The second kappa shape index (κ2) is 8.37. The molecular weight excluding hydrogens is 518 g/mol. The highest BCUT2D eigenvalue weighted by atomic mass is 16.5. The van der Waals surface area contributed by atoms with Crippen molar-refractivity contribution in [2.75, 3.05) is 7.11 Å². The highest BCUT2D eigenvalue weighted by molar-refractivity contribution is 6.38. The fraction of sp³-hybridized carbons (Fsp3) is 0.167. The molecule has 1 spiro atoms. The summed E-state index contributed by atoms with van der Waals surface area (Å²) in [4.78, 5) is 69.4. The molecule has 0 fully saturated rings. The van der Waals surface area contributed by atoms with Crippen molar-refractivity contribution >= 4 is 40.0 Å². The minimum atomic E-state index is -2.07. The Morgan fingerprint density at radius 3 is 2.23 bits per heavy atom. The van der Waals surface area contributed by atoms with Crippen LogP contribution in [0.3, 0.4) is 0 Å². The lowest BCUT2D eigenvalue weighted by molar-refractivity contribution is 0.0790. The minimum absolute atomic E-state index is 0.0981. The first kappa shape index (κ1) is 25.1. The van der Waals surface area contributed by atoms with Gasteiger partial charge in [-0.05, 0) is 42.9 Å². The van der Waals surface area contributed by atoms with Gasteiger partial charge in [-0.15, -0.1) is 0 Å². The molecule has 0 saturated carbocycles. The maximum atomic E-state index is 14.0. The van der Waals surface area contributed by atoms with Crippen LogP contribution in [0.5, 0.6) is 17.2 Å². The lowest BCUT2D eigenvalue weighted by Gasteiger charge is -2.22. The number of phenolic OH excluding ortho intramolecular Hbond substituents is 3. The number of fused-ring (bicyclic) bond motifs is 5. The Morgan fingerprint density at radius 1 is 0.900 bits per heavy atom. The molecule has 200 valence electrons. The van der Waals surface area contributed by atoms with Crippen LogP contribution in [0, 0.1) is 0 Å². The summed E-state index contributed by atoms with van der Waals surface area (Å²) in [5.74, 6) is -6.55. The lowest BCUT2D eigenvalue weighted by Crippen LogP contribution is -2.36. The summed E-state index contributed by atoms with van der Waals surface area (Å²) in [5, 5.41) is 33.8. The topological polar surface area (TPSA) is 171 Å². The molecule has 40 heavy (non-hydrogen) atoms. The number of H-pyrrole nitrogens is 1. The van der Waals surface area contributed by atoms with E-state index in [9.17, 15) is 39.3 Å². The number of carbonyl (C=O) groups excluding carboxylic acids is 4. The van der Waals surface area contributed by atoms with Gasteiger partial charge >= 0.3 is 0 Å². The van der Waals surface area contributed by atoms with Crippen molar-refractivity contribution in [2.45, 2.75) is 25.2 Å². The first-order valence-electron chi connectivity index (χ1n) is 12.4. The Kier molecular flexibility index (Phi) is 5.24. The molecule has 1 atom stereocenters. The van der Waals surface area contributed by atoms with E-state index < -0.39 is 79.4 Å². The molecule has 0 saturated heterocycles. The molecule has 1 heterocycles. The molecule has 2 aromatic carbocycles. The predicted octanol–water partition coefficient (Wildman–Crippen LogP) is 3.41. The van der Waals surface area contributed by atoms with Crippen molar-refractivity contribution in [1.82, 2.24) is 4.98 Å². The number of aromatic amines is 1. The third-order valence-electron chi connectivity index (χ3n) is 7.84. The average Bonchev–Trinajstić information content (AvgIpc) is 3.40. The third kappa shape index (κ3) is 2.95. The van der Waals surface area contributed by atoms with Crippen LogP contribution < -0.4 is 5.56 Å². The molecule has 3 aromatic rings. The van der Waals surface area contributed by atoms with Crippen LogP contribution in [0.15, 0.2) is 47.0 Å². The van der Waals surface area contributed by atoms with E-state index in [2.05, 4.69) is 4.98 Å². The molecule has 6 rings (SSSR count). The minimum Gasteiger partial charge on any atom is -0.507 e. The van der Waals surface area contributed by atoms with Gasteiger partial charge in [-0.2, -0.15) is 0 Å². The number of Topliss-reactive ketones (excluding diaryl/α,β-unsaturated/α-hetero) is 3. The summed E-state index contributed by atoms with van der Waals surface area (Å²) < 4.78 is 4.91. The van der Waals surface area contributed by atoms with Gasteiger partial charge in [-0.3, -0.25) is 24.0 Å². The number of ketones is 4. The summed E-state index contributed by atoms with van der Waals surface area (Å²) in [6, 6.07) is 3.27. The van der Waals surface area contributed by atoms with Gasteiger partial charge < -0.3 is 25.0 Å². The first-order valence-corrected chi connectivity index (χ1v) is 12.4. The van der Waals surface area contributed by atoms with Gasteiger partial charge in [0.05, 0.1) is 34.7 Å². The van der Waals surface area contributed by atoms with E-state index in [4.69, 9.17) is 4.74 Å². The van der Waals surface area contributed by atoms with Gasteiger partial charge in [-0.25, -0.2) is 0 Å². The number of carbonyl (C=O) groups is 4. The molecule has 0 radical (unpaired) electrons. The number of pyridine rings is 1. The highest BCUT2D eigenvalue weighted by Gasteiger charge is 2.61. The fourth-order valence-corrected chi connectivity index (χ4v) is 6.12. The molecule has 10 heteroatoms. The van der Waals surface area contributed by atoms with Crippen molar-refractivity contribution in [3.63, 3.8) is 0 Å². The Morgan fingerprint density at radius 2 is 1.57 bits per heavy atom. The fourth-order valence-electron chi connectivity index (χ4n) is 6.12. The Bertz CT molecular complexity index is 1920. The van der Waals surface area contributed by atoms with E-state index in [0.717, 1.165) is 13.2 Å². The Labute approximate surface area is 225 Å². The summed E-state index contributed by atoms with van der Waals surface area (Å²) in [5.41, 5.74) is -4.40. The zero-order valence-corrected chi connectivity index (χ0v) is 21.2. The number of rotatable bonds is 3. The van der Waals surface area contributed by atoms with E-state index in [1.54, 1.807) is 30.4 Å². The maximum Gasteiger partial charge on any atom is 0.260 e. The number of ether oxygens (including phenoxy) is 1. The van der Waals surface area contributed by atoms with Crippen LogP contribution in [-0.2, 0) is 16.6 Å². The number of aromatic hydroxyl groups is 3. The van der Waals surface area contributed by atoms with Crippen LogP contribution >= 0.6 is 0 Å². The number of aromatic nitrogens is 1. The van der Waals surface area contributed by atoms with Crippen LogP contribution in [-0.4, -0.2) is 50.5 Å². The Hall–Kier alpha value is -5.25. The molecule has 1 aromatic heterocycles. The predicted molar refractivity (Wildman–Crippen MR) is 142 cm³/mol. The number of allylic oxidation sites excluding steroid dienone is 5. The van der Waals surface area contributed by atoms with Crippen molar-refractivity contribution < 1.29 is 39.2 Å². The molecule has 3 aliphatic rings. The second-order valence-electron chi connectivity index (χ2n) is 9.83. The lowest BCUT2D eigenvalue weighted by atomic mass is 9.76. The van der Waals surface area contributed by atoms with Gasteiger partial charge in [0.1, 0.15) is 22.7 Å². The normalized spacial score (nSPS) is 19.7. The number of nitrogens with one attached hydrogen (secondary N) is 1.